The smallest absolute Gasteiger partial charge is 0.413 e. The van der Waals surface area contributed by atoms with Crippen molar-refractivity contribution < 1.29 is 19.1 Å². The van der Waals surface area contributed by atoms with E-state index in [0.717, 1.165) is 11.3 Å². The Morgan fingerprint density at radius 2 is 2.05 bits per heavy atom. The fourth-order valence-corrected chi connectivity index (χ4v) is 1.87. The molecule has 6 heteroatoms. The highest BCUT2D eigenvalue weighted by Gasteiger charge is 2.12. The molecular formula is C16H24N2O4. The predicted octanol–water partition coefficient (Wildman–Crippen LogP) is 1.97. The first kappa shape index (κ1) is 18.0. The maximum atomic E-state index is 11.7. The zero-order valence-corrected chi connectivity index (χ0v) is 13.4. The van der Waals surface area contributed by atoms with Crippen LogP contribution in [-0.2, 0) is 9.53 Å². The van der Waals surface area contributed by atoms with Gasteiger partial charge in [0, 0.05) is 6.54 Å². The van der Waals surface area contributed by atoms with Crippen LogP contribution in [-0.4, -0.2) is 49.7 Å². The van der Waals surface area contributed by atoms with E-state index >= 15 is 0 Å². The first-order chi connectivity index (χ1) is 10.5. The average molecular weight is 308 g/mol. The monoisotopic (exact) mass is 308 g/mol. The zero-order valence-electron chi connectivity index (χ0n) is 13.4. The summed E-state index contributed by atoms with van der Waals surface area (Å²) in [4.78, 5) is 24.7. The van der Waals surface area contributed by atoms with E-state index in [1.54, 1.807) is 6.92 Å². The largest absolute Gasteiger partial charge is 0.492 e. The second kappa shape index (κ2) is 9.78. The molecule has 2 amide bonds. The van der Waals surface area contributed by atoms with Crippen LogP contribution in [0.3, 0.4) is 0 Å². The van der Waals surface area contributed by atoms with Crippen molar-refractivity contribution in [2.45, 2.75) is 20.8 Å². The van der Waals surface area contributed by atoms with E-state index in [-0.39, 0.29) is 19.1 Å². The molecule has 1 aromatic carbocycles. The van der Waals surface area contributed by atoms with Gasteiger partial charge in [-0.05, 0) is 38.1 Å². The molecule has 0 heterocycles. The van der Waals surface area contributed by atoms with E-state index < -0.39 is 6.09 Å². The molecule has 0 radical (unpaired) electrons. The zero-order chi connectivity index (χ0) is 16.4. The number of rotatable bonds is 8. The Bertz CT molecular complexity index is 491. The van der Waals surface area contributed by atoms with Gasteiger partial charge in [0.2, 0.25) is 5.91 Å². The van der Waals surface area contributed by atoms with E-state index in [9.17, 15) is 9.59 Å². The van der Waals surface area contributed by atoms with Crippen molar-refractivity contribution in [1.29, 1.82) is 0 Å². The third-order valence-corrected chi connectivity index (χ3v) is 3.00. The van der Waals surface area contributed by atoms with Crippen LogP contribution in [0, 0.1) is 6.92 Å². The van der Waals surface area contributed by atoms with E-state index in [1.807, 2.05) is 43.0 Å². The van der Waals surface area contributed by atoms with Gasteiger partial charge < -0.3 is 9.47 Å². The van der Waals surface area contributed by atoms with Gasteiger partial charge in [0.1, 0.15) is 12.4 Å². The summed E-state index contributed by atoms with van der Waals surface area (Å²) in [7, 11) is 0. The molecule has 122 valence electrons. The Labute approximate surface area is 131 Å². The lowest BCUT2D eigenvalue weighted by atomic mass is 10.2. The second-order valence-electron chi connectivity index (χ2n) is 4.80. The molecule has 0 aliphatic carbocycles. The number of hydrogen-bond donors (Lipinski definition) is 1. The van der Waals surface area contributed by atoms with E-state index in [0.29, 0.717) is 19.7 Å². The molecule has 0 aromatic heterocycles. The number of aryl methyl sites for hydroxylation is 1. The summed E-state index contributed by atoms with van der Waals surface area (Å²) in [5.41, 5.74) is 1.14. The second-order valence-corrected chi connectivity index (χ2v) is 4.80. The average Bonchev–Trinajstić information content (AvgIpc) is 2.46. The van der Waals surface area contributed by atoms with E-state index in [1.165, 1.54) is 0 Å². The highest BCUT2D eigenvalue weighted by molar-refractivity contribution is 5.92. The van der Waals surface area contributed by atoms with Crippen LogP contribution < -0.4 is 10.1 Å². The van der Waals surface area contributed by atoms with Gasteiger partial charge in [0.05, 0.1) is 13.2 Å². The molecule has 0 saturated heterocycles. The van der Waals surface area contributed by atoms with Crippen LogP contribution in [0.5, 0.6) is 5.75 Å². The first-order valence-corrected chi connectivity index (χ1v) is 7.43. The fraction of sp³-hybridized carbons (Fsp3) is 0.500. The Morgan fingerprint density at radius 1 is 1.27 bits per heavy atom. The lowest BCUT2D eigenvalue weighted by molar-refractivity contribution is -0.121. The van der Waals surface area contributed by atoms with Gasteiger partial charge in [-0.15, -0.1) is 0 Å². The topological polar surface area (TPSA) is 67.9 Å². The van der Waals surface area contributed by atoms with Crippen LogP contribution in [0.1, 0.15) is 19.4 Å². The van der Waals surface area contributed by atoms with Crippen LogP contribution in [0.2, 0.25) is 0 Å². The summed E-state index contributed by atoms with van der Waals surface area (Å²) < 4.78 is 10.3. The summed E-state index contributed by atoms with van der Waals surface area (Å²) >= 11 is 0. The van der Waals surface area contributed by atoms with Crippen molar-refractivity contribution in [2.24, 2.45) is 0 Å². The van der Waals surface area contributed by atoms with Crippen molar-refractivity contribution in [3.8, 4) is 5.75 Å². The number of benzene rings is 1. The number of hydrogen-bond acceptors (Lipinski definition) is 5. The molecule has 0 fully saturated rings. The number of ether oxygens (including phenoxy) is 2. The molecular weight excluding hydrogens is 284 g/mol. The summed E-state index contributed by atoms with van der Waals surface area (Å²) in [6.45, 7) is 7.77. The van der Waals surface area contributed by atoms with Crippen LogP contribution in [0.25, 0.3) is 0 Å². The molecule has 6 nitrogen and oxygen atoms in total. The van der Waals surface area contributed by atoms with Crippen LogP contribution in [0.4, 0.5) is 4.79 Å². The molecule has 22 heavy (non-hydrogen) atoms. The summed E-state index contributed by atoms with van der Waals surface area (Å²) in [6, 6.07) is 7.81. The fourth-order valence-electron chi connectivity index (χ4n) is 1.87. The maximum absolute atomic E-state index is 11.7. The summed E-state index contributed by atoms with van der Waals surface area (Å²) in [6.07, 6.45) is -0.709. The number of likely N-dealkylation sites (N-methyl/N-ethyl adjacent to an activating group) is 1. The summed E-state index contributed by atoms with van der Waals surface area (Å²) in [5, 5.41) is 2.18. The minimum absolute atomic E-state index is 0.131. The maximum Gasteiger partial charge on any atom is 0.413 e. The molecule has 1 aromatic rings. The van der Waals surface area contributed by atoms with Gasteiger partial charge in [-0.2, -0.15) is 0 Å². The van der Waals surface area contributed by atoms with Crippen molar-refractivity contribution in [1.82, 2.24) is 10.2 Å². The molecule has 0 saturated carbocycles. The molecule has 0 aliphatic rings. The quantitative estimate of drug-likeness (QED) is 0.795. The Balaban J connectivity index is 2.32. The number of alkyl carbamates (subject to hydrolysis) is 1. The van der Waals surface area contributed by atoms with E-state index in [2.05, 4.69) is 10.1 Å². The third kappa shape index (κ3) is 7.08. The minimum Gasteiger partial charge on any atom is -0.492 e. The number of nitrogens with one attached hydrogen (secondary N) is 1. The van der Waals surface area contributed by atoms with Gasteiger partial charge in [-0.25, -0.2) is 4.79 Å². The van der Waals surface area contributed by atoms with Crippen molar-refractivity contribution in [3.05, 3.63) is 29.8 Å². The lowest BCUT2D eigenvalue weighted by Gasteiger charge is -2.19. The Kier molecular flexibility index (Phi) is 7.99. The molecule has 0 spiro atoms. The highest BCUT2D eigenvalue weighted by atomic mass is 16.5. The first-order valence-electron chi connectivity index (χ1n) is 7.43. The predicted molar refractivity (Wildman–Crippen MR) is 84.0 cm³/mol. The molecule has 0 atom stereocenters. The Morgan fingerprint density at radius 3 is 2.68 bits per heavy atom. The van der Waals surface area contributed by atoms with Gasteiger partial charge in [-0.3, -0.25) is 15.0 Å². The molecule has 0 aliphatic heterocycles. The molecule has 1 N–H and O–H groups in total. The number of carbonyl (C=O) groups is 2. The standard InChI is InChI=1S/C16H24N2O4/c1-4-18(12-15(19)17-16(20)21-5-2)9-10-22-14-8-6-7-13(3)11-14/h6-8,11H,4-5,9-10,12H2,1-3H3,(H,17,19,20). The van der Waals surface area contributed by atoms with Crippen molar-refractivity contribution in [3.63, 3.8) is 0 Å². The van der Waals surface area contributed by atoms with Crippen molar-refractivity contribution in [2.75, 3.05) is 32.8 Å². The molecule has 1 rings (SSSR count). The number of imide groups is 1. The number of carbonyl (C=O) groups excluding carboxylic acids is 2. The number of nitrogens with zero attached hydrogens (tertiary/aromatic N) is 1. The van der Waals surface area contributed by atoms with Gasteiger partial charge in [0.15, 0.2) is 0 Å². The minimum atomic E-state index is -0.709. The van der Waals surface area contributed by atoms with Gasteiger partial charge >= 0.3 is 6.09 Å². The van der Waals surface area contributed by atoms with Crippen molar-refractivity contribution >= 4 is 12.0 Å². The number of amides is 2. The SMILES string of the molecule is CCOC(=O)NC(=O)CN(CC)CCOc1cccc(C)c1. The normalized spacial score (nSPS) is 10.4. The third-order valence-electron chi connectivity index (χ3n) is 3.00. The van der Waals surface area contributed by atoms with Crippen LogP contribution in [0.15, 0.2) is 24.3 Å². The van der Waals surface area contributed by atoms with Crippen LogP contribution >= 0.6 is 0 Å². The van der Waals surface area contributed by atoms with Gasteiger partial charge in [0.25, 0.3) is 0 Å². The lowest BCUT2D eigenvalue weighted by Crippen LogP contribution is -2.41. The van der Waals surface area contributed by atoms with E-state index in [4.69, 9.17) is 4.74 Å². The van der Waals surface area contributed by atoms with Gasteiger partial charge in [-0.1, -0.05) is 19.1 Å². The molecule has 0 unspecified atom stereocenters. The molecule has 0 bridgehead atoms. The highest BCUT2D eigenvalue weighted by Crippen LogP contribution is 2.12. The summed E-state index contributed by atoms with van der Waals surface area (Å²) in [5.74, 6) is 0.433. The Hall–Kier alpha value is -2.08.